The number of amides is 1. The molecule has 1 atom stereocenters. The van der Waals surface area contributed by atoms with Crippen molar-refractivity contribution in [1.29, 1.82) is 0 Å². The summed E-state index contributed by atoms with van der Waals surface area (Å²) >= 11 is 0. The number of carbonyl (C=O) groups excluding carboxylic acids is 1. The van der Waals surface area contributed by atoms with Crippen LogP contribution in [0.1, 0.15) is 39.5 Å². The Bertz CT molecular complexity index is 1090. The number of hydrogen-bond donors (Lipinski definition) is 2. The molecule has 30 heavy (non-hydrogen) atoms. The second-order valence-corrected chi connectivity index (χ2v) is 7.13. The van der Waals surface area contributed by atoms with E-state index in [4.69, 9.17) is 4.74 Å². The zero-order valence-electron chi connectivity index (χ0n) is 16.7. The first-order valence-corrected chi connectivity index (χ1v) is 9.83. The molecule has 2 heterocycles. The predicted octanol–water partition coefficient (Wildman–Crippen LogP) is 3.54. The first kappa shape index (κ1) is 19.8. The van der Waals surface area contributed by atoms with Crippen LogP contribution >= 0.6 is 0 Å². The van der Waals surface area contributed by atoms with Crippen molar-refractivity contribution in [3.05, 3.63) is 83.0 Å². The third kappa shape index (κ3) is 4.23. The summed E-state index contributed by atoms with van der Waals surface area (Å²) in [6, 6.07) is 16.7. The Morgan fingerprint density at radius 2 is 2.10 bits per heavy atom. The van der Waals surface area contributed by atoms with Crippen molar-refractivity contribution >= 4 is 12.1 Å². The van der Waals surface area contributed by atoms with E-state index in [1.54, 1.807) is 25.4 Å². The first-order valence-electron chi connectivity index (χ1n) is 9.83. The molecular formula is C24H23N3O3. The summed E-state index contributed by atoms with van der Waals surface area (Å²) in [5.41, 5.74) is 5.34. The lowest BCUT2D eigenvalue weighted by Crippen LogP contribution is -2.29. The van der Waals surface area contributed by atoms with Gasteiger partial charge in [-0.05, 0) is 53.4 Å². The van der Waals surface area contributed by atoms with Crippen LogP contribution in [0.25, 0.3) is 11.3 Å². The normalized spacial score (nSPS) is 13.0. The van der Waals surface area contributed by atoms with Crippen LogP contribution in [0.15, 0.2) is 65.8 Å². The fourth-order valence-electron chi connectivity index (χ4n) is 3.54. The number of hydrogen-bond acceptors (Lipinski definition) is 5. The maximum atomic E-state index is 13.0. The van der Waals surface area contributed by atoms with Crippen molar-refractivity contribution < 1.29 is 14.6 Å². The number of aliphatic hydroxyl groups is 1. The molecule has 0 fully saturated rings. The Morgan fingerprint density at radius 3 is 2.93 bits per heavy atom. The van der Waals surface area contributed by atoms with Gasteiger partial charge in [0, 0.05) is 30.1 Å². The second-order valence-electron chi connectivity index (χ2n) is 7.13. The molecule has 152 valence electrons. The van der Waals surface area contributed by atoms with E-state index < -0.39 is 0 Å². The fraction of sp³-hybridized carbons (Fsp3) is 0.208. The van der Waals surface area contributed by atoms with Crippen LogP contribution in [0.5, 0.6) is 5.75 Å². The zero-order chi connectivity index (χ0) is 20.9. The van der Waals surface area contributed by atoms with Crippen LogP contribution in [-0.2, 0) is 6.54 Å². The largest absolute Gasteiger partial charge is 0.497 e. The maximum Gasteiger partial charge on any atom is 0.251 e. The lowest BCUT2D eigenvalue weighted by atomic mass is 10.0. The Balaban J connectivity index is 1.56. The lowest BCUT2D eigenvalue weighted by Gasteiger charge is -2.19. The molecule has 6 heteroatoms. The van der Waals surface area contributed by atoms with Gasteiger partial charge < -0.3 is 15.2 Å². The molecule has 4 rings (SSSR count). The molecule has 0 spiro atoms. The monoisotopic (exact) mass is 401 g/mol. The third-order valence-electron chi connectivity index (χ3n) is 5.18. The van der Waals surface area contributed by atoms with Gasteiger partial charge in [-0.25, -0.2) is 0 Å². The average molecular weight is 401 g/mol. The highest BCUT2D eigenvalue weighted by Crippen LogP contribution is 2.25. The highest BCUT2D eigenvalue weighted by molar-refractivity contribution is 5.95. The van der Waals surface area contributed by atoms with E-state index >= 15 is 0 Å². The van der Waals surface area contributed by atoms with Gasteiger partial charge in [0.15, 0.2) is 0 Å². The van der Waals surface area contributed by atoms with Crippen molar-refractivity contribution in [2.45, 2.75) is 19.0 Å². The Labute approximate surface area is 175 Å². The van der Waals surface area contributed by atoms with Gasteiger partial charge in [0.2, 0.25) is 0 Å². The number of nitrogens with one attached hydrogen (secondary N) is 1. The zero-order valence-corrected chi connectivity index (χ0v) is 16.7. The average Bonchev–Trinajstić information content (AvgIpc) is 3.27. The molecule has 3 aromatic rings. The highest BCUT2D eigenvalue weighted by Gasteiger charge is 2.17. The van der Waals surface area contributed by atoms with Crippen molar-refractivity contribution in [3.8, 4) is 17.0 Å². The Hall–Kier alpha value is -3.51. The standard InChI is InChI=1S/C24H23N3O3/c1-30-21-4-2-3-16(12-21)22(8-10-28)27-24(29)18-7-9-26-23(13-18)17-5-6-19-14-25-15-20(19)11-17/h2-7,9,11-13,15,22,28H,8,10,14H2,1H3,(H,27,29). The summed E-state index contributed by atoms with van der Waals surface area (Å²) in [5, 5.41) is 12.5. The summed E-state index contributed by atoms with van der Waals surface area (Å²) in [6.07, 6.45) is 3.90. The summed E-state index contributed by atoms with van der Waals surface area (Å²) < 4.78 is 5.28. The third-order valence-corrected chi connectivity index (χ3v) is 5.18. The molecule has 2 N–H and O–H groups in total. The van der Waals surface area contributed by atoms with Crippen molar-refractivity contribution in [3.63, 3.8) is 0 Å². The molecule has 0 radical (unpaired) electrons. The minimum absolute atomic E-state index is 0.0412. The molecule has 6 nitrogen and oxygen atoms in total. The smallest absolute Gasteiger partial charge is 0.251 e. The Kier molecular flexibility index (Phi) is 5.86. The van der Waals surface area contributed by atoms with Crippen LogP contribution < -0.4 is 10.1 Å². The SMILES string of the molecule is COc1cccc(C(CCO)NC(=O)c2ccnc(-c3ccc4c(c3)C=NC4)c2)c1. The van der Waals surface area contributed by atoms with Crippen LogP contribution in [0, 0.1) is 0 Å². The molecule has 1 unspecified atom stereocenters. The highest BCUT2D eigenvalue weighted by atomic mass is 16.5. The van der Waals surface area contributed by atoms with E-state index in [-0.39, 0.29) is 18.6 Å². The second kappa shape index (κ2) is 8.88. The maximum absolute atomic E-state index is 13.0. The molecule has 0 saturated carbocycles. The number of ether oxygens (including phenoxy) is 1. The minimum atomic E-state index is -0.328. The van der Waals surface area contributed by atoms with Crippen molar-refractivity contribution in [2.24, 2.45) is 4.99 Å². The predicted molar refractivity (Wildman–Crippen MR) is 116 cm³/mol. The van der Waals surface area contributed by atoms with Gasteiger partial charge in [-0.15, -0.1) is 0 Å². The number of pyridine rings is 1. The quantitative estimate of drug-likeness (QED) is 0.634. The molecule has 1 aliphatic heterocycles. The Morgan fingerprint density at radius 1 is 1.20 bits per heavy atom. The van der Waals surface area contributed by atoms with Gasteiger partial charge in [0.25, 0.3) is 5.91 Å². The number of benzene rings is 2. The minimum Gasteiger partial charge on any atom is -0.497 e. The van der Waals surface area contributed by atoms with E-state index in [2.05, 4.69) is 15.3 Å². The number of carbonyl (C=O) groups is 1. The number of nitrogens with zero attached hydrogens (tertiary/aromatic N) is 2. The lowest BCUT2D eigenvalue weighted by molar-refractivity contribution is 0.0930. The van der Waals surface area contributed by atoms with Gasteiger partial charge in [-0.1, -0.05) is 24.3 Å². The number of aromatic nitrogens is 1. The summed E-state index contributed by atoms with van der Waals surface area (Å²) in [5.74, 6) is 0.485. The van der Waals surface area contributed by atoms with Crippen LogP contribution in [0.3, 0.4) is 0 Å². The summed E-state index contributed by atoms with van der Waals surface area (Å²) in [7, 11) is 1.60. The van der Waals surface area contributed by atoms with E-state index in [9.17, 15) is 9.90 Å². The number of methoxy groups -OCH3 is 1. The van der Waals surface area contributed by atoms with Gasteiger partial charge in [0.05, 0.1) is 25.4 Å². The molecule has 0 bridgehead atoms. The molecule has 0 aliphatic carbocycles. The van der Waals surface area contributed by atoms with E-state index in [0.29, 0.717) is 24.3 Å². The summed E-state index contributed by atoms with van der Waals surface area (Å²) in [4.78, 5) is 21.7. The molecular weight excluding hydrogens is 378 g/mol. The molecule has 1 aliphatic rings. The molecule has 0 saturated heterocycles. The molecule has 1 aromatic heterocycles. The first-order chi connectivity index (χ1) is 14.7. The van der Waals surface area contributed by atoms with Gasteiger partial charge in [-0.3, -0.25) is 14.8 Å². The van der Waals surface area contributed by atoms with E-state index in [1.807, 2.05) is 48.7 Å². The van der Waals surface area contributed by atoms with Crippen LogP contribution in [0.4, 0.5) is 0 Å². The summed E-state index contributed by atoms with van der Waals surface area (Å²) in [6.45, 7) is 0.669. The van der Waals surface area contributed by atoms with E-state index in [0.717, 1.165) is 22.4 Å². The number of aliphatic imine (C=N–C) groups is 1. The van der Waals surface area contributed by atoms with Crippen LogP contribution in [0.2, 0.25) is 0 Å². The van der Waals surface area contributed by atoms with E-state index in [1.165, 1.54) is 5.56 Å². The number of aliphatic hydroxyl groups excluding tert-OH is 1. The number of rotatable bonds is 7. The van der Waals surface area contributed by atoms with Crippen molar-refractivity contribution in [1.82, 2.24) is 10.3 Å². The van der Waals surface area contributed by atoms with Gasteiger partial charge in [0.1, 0.15) is 5.75 Å². The fourth-order valence-corrected chi connectivity index (χ4v) is 3.54. The topological polar surface area (TPSA) is 83.8 Å². The van der Waals surface area contributed by atoms with Gasteiger partial charge >= 0.3 is 0 Å². The van der Waals surface area contributed by atoms with Crippen molar-refractivity contribution in [2.75, 3.05) is 13.7 Å². The van der Waals surface area contributed by atoms with Crippen LogP contribution in [-0.4, -0.2) is 35.9 Å². The van der Waals surface area contributed by atoms with Gasteiger partial charge in [-0.2, -0.15) is 0 Å². The molecule has 2 aromatic carbocycles. The number of fused-ring (bicyclic) bond motifs is 1. The molecule has 1 amide bonds.